The van der Waals surface area contributed by atoms with Crippen LogP contribution in [0.25, 0.3) is 83.1 Å². The van der Waals surface area contributed by atoms with E-state index >= 15 is 0 Å². The molecule has 0 bridgehead atoms. The number of aromatic nitrogens is 2. The van der Waals surface area contributed by atoms with Crippen molar-refractivity contribution >= 4 is 43.7 Å². The number of nitrogens with zero attached hydrogens (tertiary/aromatic N) is 2. The third-order valence-electron chi connectivity index (χ3n) is 8.44. The van der Waals surface area contributed by atoms with Gasteiger partial charge in [0.15, 0.2) is 0 Å². The summed E-state index contributed by atoms with van der Waals surface area (Å²) in [5.41, 5.74) is 10.1. The Hall–Kier alpha value is -4.88. The smallest absolute Gasteiger partial charge is 0.477 e. The van der Waals surface area contributed by atoms with E-state index in [2.05, 4.69) is 132 Å². The van der Waals surface area contributed by atoms with Crippen molar-refractivity contribution in [2.45, 2.75) is 0 Å². The Kier molecular flexibility index (Phi) is 6.91. The number of furan rings is 1. The number of hydrogen-bond acceptors (Lipinski definition) is 2. The maximum atomic E-state index is 6.22. The van der Waals surface area contributed by atoms with Crippen molar-refractivity contribution < 1.29 is 35.5 Å². The van der Waals surface area contributed by atoms with Crippen LogP contribution in [0.5, 0.6) is 0 Å². The molecule has 0 aliphatic heterocycles. The van der Waals surface area contributed by atoms with Crippen LogP contribution in [0.15, 0.2) is 150 Å². The summed E-state index contributed by atoms with van der Waals surface area (Å²) < 4.78 is 8.49. The Bertz CT molecular complexity index is 2490. The molecule has 0 atom stereocenters. The molecule has 0 radical (unpaired) electrons. The maximum Gasteiger partial charge on any atom is 2.00 e. The van der Waals surface area contributed by atoms with E-state index < -0.39 is 0 Å². The van der Waals surface area contributed by atoms with E-state index in [1.807, 2.05) is 30.3 Å². The van der Waals surface area contributed by atoms with E-state index in [4.69, 9.17) is 9.40 Å². The SMILES string of the molecule is [U+2].[c-]1ccccc1-c1[c-]c2oc3ccc(-c4ccc(-n5c(-c6cccc7ccccc67)nc6ccccc65)cc4)cc3c2cc1. The van der Waals surface area contributed by atoms with Gasteiger partial charge in [0, 0.05) is 16.8 Å². The van der Waals surface area contributed by atoms with Crippen LogP contribution in [-0.2, 0) is 0 Å². The second-order valence-corrected chi connectivity index (χ2v) is 11.0. The van der Waals surface area contributed by atoms with Gasteiger partial charge in [-0.2, -0.15) is 30.3 Å². The van der Waals surface area contributed by atoms with Crippen molar-refractivity contribution in [3.8, 4) is 39.3 Å². The maximum absolute atomic E-state index is 6.22. The number of imidazole rings is 1. The molecule has 0 saturated heterocycles. The van der Waals surface area contributed by atoms with Crippen molar-refractivity contribution in [1.82, 2.24) is 9.55 Å². The van der Waals surface area contributed by atoms with E-state index in [1.165, 1.54) is 10.8 Å². The normalized spacial score (nSPS) is 11.4. The van der Waals surface area contributed by atoms with Gasteiger partial charge in [-0.15, -0.1) is 18.2 Å². The zero-order valence-electron chi connectivity index (χ0n) is 24.2. The summed E-state index contributed by atoms with van der Waals surface area (Å²) in [7, 11) is 0. The van der Waals surface area contributed by atoms with Crippen molar-refractivity contribution in [3.05, 3.63) is 158 Å². The van der Waals surface area contributed by atoms with Crippen LogP contribution < -0.4 is 0 Å². The Morgan fingerprint density at radius 2 is 1.40 bits per heavy atom. The first kappa shape index (κ1) is 27.7. The van der Waals surface area contributed by atoms with Crippen LogP contribution in [-0.4, -0.2) is 9.55 Å². The summed E-state index contributed by atoms with van der Waals surface area (Å²) in [6.45, 7) is 0. The molecular weight excluding hydrogens is 774 g/mol. The van der Waals surface area contributed by atoms with Crippen LogP contribution in [0.4, 0.5) is 0 Å². The number of hydrogen-bond donors (Lipinski definition) is 0. The van der Waals surface area contributed by atoms with E-state index in [1.54, 1.807) is 0 Å². The standard InChI is InChI=1S/C41H24N2O.U/c1-2-9-27(10-3-1)31-19-23-34-36-25-30(20-24-39(36)44-40(34)26-31)28-17-21-32(22-18-28)43-38-16-7-6-15-37(38)42-41(43)35-14-8-12-29-11-4-5-13-33(29)35;/h1-9,11-25H;/q-2;+2. The molecule has 0 amide bonds. The Balaban J connectivity index is 0.00000300. The van der Waals surface area contributed by atoms with Gasteiger partial charge in [-0.3, -0.25) is 4.57 Å². The second kappa shape index (κ2) is 11.2. The van der Waals surface area contributed by atoms with Gasteiger partial charge in [-0.1, -0.05) is 84.2 Å². The van der Waals surface area contributed by atoms with Crippen LogP contribution in [0.1, 0.15) is 0 Å². The summed E-state index contributed by atoms with van der Waals surface area (Å²) >= 11 is 0. The molecule has 3 nitrogen and oxygen atoms in total. The molecule has 0 saturated carbocycles. The van der Waals surface area contributed by atoms with E-state index in [-0.39, 0.29) is 31.1 Å². The molecule has 2 heterocycles. The Labute approximate surface area is 284 Å². The van der Waals surface area contributed by atoms with Gasteiger partial charge >= 0.3 is 31.1 Å². The van der Waals surface area contributed by atoms with E-state index in [0.29, 0.717) is 0 Å². The predicted octanol–water partition coefficient (Wildman–Crippen LogP) is 10.7. The molecular formula is C41H24N2OU. The summed E-state index contributed by atoms with van der Waals surface area (Å²) in [4.78, 5) is 5.12. The number of para-hydroxylation sites is 2. The van der Waals surface area contributed by atoms with Crippen LogP contribution in [0.2, 0.25) is 0 Å². The van der Waals surface area contributed by atoms with Crippen LogP contribution in [0.3, 0.4) is 0 Å². The topological polar surface area (TPSA) is 31.0 Å². The largest absolute Gasteiger partial charge is 2.00 e. The fourth-order valence-electron chi connectivity index (χ4n) is 6.29. The number of rotatable bonds is 4. The van der Waals surface area contributed by atoms with E-state index in [9.17, 15) is 0 Å². The van der Waals surface area contributed by atoms with Crippen LogP contribution in [0, 0.1) is 43.2 Å². The van der Waals surface area contributed by atoms with Gasteiger partial charge in [0.05, 0.1) is 11.0 Å². The molecule has 2 aromatic heterocycles. The van der Waals surface area contributed by atoms with Gasteiger partial charge in [-0.25, -0.2) is 16.1 Å². The summed E-state index contributed by atoms with van der Waals surface area (Å²) in [5, 5.41) is 4.53. The fraction of sp³-hybridized carbons (Fsp3) is 0. The molecule has 0 aliphatic rings. The van der Waals surface area contributed by atoms with Gasteiger partial charge in [-0.05, 0) is 57.6 Å². The van der Waals surface area contributed by atoms with E-state index in [0.717, 1.165) is 72.3 Å². The third-order valence-corrected chi connectivity index (χ3v) is 8.44. The minimum atomic E-state index is 0. The first-order chi connectivity index (χ1) is 21.8. The Morgan fingerprint density at radius 3 is 2.29 bits per heavy atom. The molecule has 0 fully saturated rings. The molecule has 0 N–H and O–H groups in total. The summed E-state index contributed by atoms with van der Waals surface area (Å²) in [5.74, 6) is 0.936. The monoisotopic (exact) mass is 798 g/mol. The van der Waals surface area contributed by atoms with Gasteiger partial charge in [0.25, 0.3) is 0 Å². The van der Waals surface area contributed by atoms with Crippen molar-refractivity contribution in [2.24, 2.45) is 0 Å². The minimum absolute atomic E-state index is 0. The molecule has 208 valence electrons. The minimum Gasteiger partial charge on any atom is -0.477 e. The van der Waals surface area contributed by atoms with Crippen molar-refractivity contribution in [2.75, 3.05) is 0 Å². The van der Waals surface area contributed by atoms with Gasteiger partial charge < -0.3 is 4.42 Å². The quantitative estimate of drug-likeness (QED) is 0.166. The first-order valence-corrected chi connectivity index (χ1v) is 14.7. The molecule has 0 aliphatic carbocycles. The van der Waals surface area contributed by atoms with Crippen molar-refractivity contribution in [3.63, 3.8) is 0 Å². The first-order valence-electron chi connectivity index (χ1n) is 14.7. The Morgan fingerprint density at radius 1 is 0.600 bits per heavy atom. The zero-order valence-corrected chi connectivity index (χ0v) is 28.3. The predicted molar refractivity (Wildman–Crippen MR) is 180 cm³/mol. The van der Waals surface area contributed by atoms with Crippen LogP contribution >= 0.6 is 0 Å². The second-order valence-electron chi connectivity index (χ2n) is 11.0. The molecule has 0 spiro atoms. The molecule has 45 heavy (non-hydrogen) atoms. The fourth-order valence-corrected chi connectivity index (χ4v) is 6.29. The molecule has 0 unspecified atom stereocenters. The third kappa shape index (κ3) is 4.70. The number of benzene rings is 7. The van der Waals surface area contributed by atoms with Crippen molar-refractivity contribution in [1.29, 1.82) is 0 Å². The zero-order chi connectivity index (χ0) is 29.0. The summed E-state index contributed by atoms with van der Waals surface area (Å²) in [6.07, 6.45) is 0. The van der Waals surface area contributed by atoms with Gasteiger partial charge in [0.1, 0.15) is 11.4 Å². The number of fused-ring (bicyclic) bond motifs is 5. The molecule has 9 rings (SSSR count). The average molecular weight is 799 g/mol. The molecule has 4 heteroatoms. The van der Waals surface area contributed by atoms with Gasteiger partial charge in [0.2, 0.25) is 0 Å². The average Bonchev–Trinajstić information content (AvgIpc) is 3.66. The molecule has 9 aromatic rings. The molecule has 7 aromatic carbocycles. The summed E-state index contributed by atoms with van der Waals surface area (Å²) in [6, 6.07) is 57.3.